The third-order valence-corrected chi connectivity index (χ3v) is 5.73. The molecule has 0 aliphatic rings. The minimum Gasteiger partial charge on any atom is -0.274 e. The fraction of sp³-hybridized carbons (Fsp3) is 0.261. The highest BCUT2D eigenvalue weighted by molar-refractivity contribution is 6.08. The highest BCUT2D eigenvalue weighted by Crippen LogP contribution is 2.33. The van der Waals surface area contributed by atoms with Crippen molar-refractivity contribution < 1.29 is 0 Å². The summed E-state index contributed by atoms with van der Waals surface area (Å²) < 4.78 is 5.33. The first-order valence-electron chi connectivity index (χ1n) is 11.5. The van der Waals surface area contributed by atoms with Crippen molar-refractivity contribution in [2.24, 2.45) is 0 Å². The van der Waals surface area contributed by atoms with E-state index in [4.69, 9.17) is 9.97 Å². The predicted molar refractivity (Wildman–Crippen MR) is 128 cm³/mol. The Hall–Kier alpha value is -4.61. The van der Waals surface area contributed by atoms with Gasteiger partial charge >= 0.3 is 0 Å². The Morgan fingerprint density at radius 1 is 0.629 bits per heavy atom. The van der Waals surface area contributed by atoms with Crippen molar-refractivity contribution in [3.05, 3.63) is 61.5 Å². The lowest BCUT2D eigenvalue weighted by Gasteiger charge is -2.10. The number of hydrogen-bond donors (Lipinski definition) is 0. The van der Waals surface area contributed by atoms with Gasteiger partial charge in [0, 0.05) is 24.8 Å². The van der Waals surface area contributed by atoms with Crippen LogP contribution in [0.2, 0.25) is 0 Å². The maximum Gasteiger partial charge on any atom is 0.243 e. The van der Waals surface area contributed by atoms with Gasteiger partial charge in [-0.2, -0.15) is 15.0 Å². The SMILES string of the molecule is CCCc1ncnc2c1c1c(CCC)ncnc1n2-c1nc(-n2ccnc2)nc(-n2ccnc2)n1. The summed E-state index contributed by atoms with van der Waals surface area (Å²) in [4.78, 5) is 41.1. The molecule has 0 N–H and O–H groups in total. The lowest BCUT2D eigenvalue weighted by Crippen LogP contribution is -2.12. The molecular weight excluding hydrogens is 444 g/mol. The van der Waals surface area contributed by atoms with Gasteiger partial charge in [0.1, 0.15) is 25.3 Å². The average molecular weight is 467 g/mol. The second kappa shape index (κ2) is 8.63. The van der Waals surface area contributed by atoms with Crippen LogP contribution in [-0.4, -0.2) is 58.6 Å². The van der Waals surface area contributed by atoms with E-state index < -0.39 is 0 Å². The molecule has 0 aliphatic carbocycles. The zero-order valence-corrected chi connectivity index (χ0v) is 19.3. The number of imidazole rings is 2. The summed E-state index contributed by atoms with van der Waals surface area (Å²) in [5.74, 6) is 1.21. The largest absolute Gasteiger partial charge is 0.274 e. The Labute approximate surface area is 199 Å². The molecule has 0 fully saturated rings. The number of nitrogens with zero attached hydrogens (tertiary/aromatic N) is 12. The third-order valence-electron chi connectivity index (χ3n) is 5.73. The Morgan fingerprint density at radius 2 is 1.11 bits per heavy atom. The van der Waals surface area contributed by atoms with Crippen molar-refractivity contribution in [3.8, 4) is 17.8 Å². The summed E-state index contributed by atoms with van der Waals surface area (Å²) in [6, 6.07) is 0. The summed E-state index contributed by atoms with van der Waals surface area (Å²) in [7, 11) is 0. The Kier molecular flexibility index (Phi) is 5.17. The molecule has 12 heteroatoms. The van der Waals surface area contributed by atoms with Crippen molar-refractivity contribution in [1.29, 1.82) is 0 Å². The lowest BCUT2D eigenvalue weighted by molar-refractivity contribution is 0.805. The molecule has 6 aromatic rings. The summed E-state index contributed by atoms with van der Waals surface area (Å²) in [5.41, 5.74) is 3.31. The van der Waals surface area contributed by atoms with Gasteiger partial charge in [-0.15, -0.1) is 0 Å². The molecule has 0 radical (unpaired) electrons. The zero-order chi connectivity index (χ0) is 23.8. The molecule has 0 aromatic carbocycles. The van der Waals surface area contributed by atoms with Gasteiger partial charge in [-0.1, -0.05) is 26.7 Å². The van der Waals surface area contributed by atoms with Crippen molar-refractivity contribution in [3.63, 3.8) is 0 Å². The van der Waals surface area contributed by atoms with Crippen LogP contribution < -0.4 is 0 Å². The van der Waals surface area contributed by atoms with Gasteiger partial charge in [0.25, 0.3) is 0 Å². The van der Waals surface area contributed by atoms with Crippen LogP contribution in [0.15, 0.2) is 50.1 Å². The van der Waals surface area contributed by atoms with Gasteiger partial charge in [-0.05, 0) is 12.8 Å². The minimum atomic E-state index is 0.384. The Morgan fingerprint density at radius 3 is 1.54 bits per heavy atom. The topological polar surface area (TPSA) is 131 Å². The van der Waals surface area contributed by atoms with E-state index in [-0.39, 0.29) is 0 Å². The lowest BCUT2D eigenvalue weighted by atomic mass is 10.1. The van der Waals surface area contributed by atoms with E-state index in [9.17, 15) is 0 Å². The molecule has 0 atom stereocenters. The molecule has 12 nitrogen and oxygen atoms in total. The fourth-order valence-corrected chi connectivity index (χ4v) is 4.25. The maximum absolute atomic E-state index is 4.79. The Balaban J connectivity index is 1.71. The van der Waals surface area contributed by atoms with Gasteiger partial charge < -0.3 is 0 Å². The smallest absolute Gasteiger partial charge is 0.243 e. The van der Waals surface area contributed by atoms with Gasteiger partial charge in [0.2, 0.25) is 17.8 Å². The van der Waals surface area contributed by atoms with E-state index >= 15 is 0 Å². The van der Waals surface area contributed by atoms with Crippen molar-refractivity contribution in [1.82, 2.24) is 58.6 Å². The molecule has 0 bridgehead atoms. The number of hydrogen-bond acceptors (Lipinski definition) is 9. The van der Waals surface area contributed by atoms with Gasteiger partial charge in [0.05, 0.1) is 22.2 Å². The van der Waals surface area contributed by atoms with Crippen LogP contribution in [0.25, 0.3) is 39.9 Å². The molecular formula is C23H22N12. The molecule has 0 amide bonds. The molecule has 6 rings (SSSR count). The first-order valence-corrected chi connectivity index (χ1v) is 11.5. The standard InChI is InChI=1S/C23H22N12/c1-3-5-15-17-18-16(6-4-2)27-12-29-20(18)35(19(17)28-11-26-15)23-31-21(33-9-7-24-13-33)30-22(32-23)34-10-8-25-14-34/h7-14H,3-6H2,1-2H3. The van der Waals surface area contributed by atoms with Crippen LogP contribution in [0.5, 0.6) is 0 Å². The van der Waals surface area contributed by atoms with E-state index in [1.54, 1.807) is 59.2 Å². The monoisotopic (exact) mass is 466 g/mol. The van der Waals surface area contributed by atoms with Crippen LogP contribution in [0, 0.1) is 0 Å². The maximum atomic E-state index is 4.79. The molecule has 6 heterocycles. The number of aromatic nitrogens is 12. The molecule has 0 saturated heterocycles. The van der Waals surface area contributed by atoms with E-state index in [0.717, 1.165) is 47.8 Å². The molecule has 0 aliphatic heterocycles. The van der Waals surface area contributed by atoms with Crippen LogP contribution in [-0.2, 0) is 12.8 Å². The molecule has 6 aromatic heterocycles. The number of fused-ring (bicyclic) bond motifs is 3. The van der Waals surface area contributed by atoms with Crippen molar-refractivity contribution in [2.45, 2.75) is 39.5 Å². The number of aryl methyl sites for hydroxylation is 2. The molecule has 174 valence electrons. The molecule has 35 heavy (non-hydrogen) atoms. The quantitative estimate of drug-likeness (QED) is 0.348. The van der Waals surface area contributed by atoms with Crippen molar-refractivity contribution >= 4 is 22.1 Å². The van der Waals surface area contributed by atoms with Gasteiger partial charge in [0.15, 0.2) is 11.3 Å². The van der Waals surface area contributed by atoms with Crippen molar-refractivity contribution in [2.75, 3.05) is 0 Å². The Bertz CT molecular complexity index is 1500. The summed E-state index contributed by atoms with van der Waals surface area (Å²) in [6.45, 7) is 4.27. The van der Waals surface area contributed by atoms with Gasteiger partial charge in [-0.25, -0.2) is 34.5 Å². The normalized spacial score (nSPS) is 11.6. The summed E-state index contributed by atoms with van der Waals surface area (Å²) in [6.07, 6.45) is 16.9. The predicted octanol–water partition coefficient (Wildman–Crippen LogP) is 2.83. The zero-order valence-electron chi connectivity index (χ0n) is 19.3. The highest BCUT2D eigenvalue weighted by Gasteiger charge is 2.23. The summed E-state index contributed by atoms with van der Waals surface area (Å²) in [5, 5.41) is 1.89. The first-order chi connectivity index (χ1) is 17.3. The average Bonchev–Trinajstić information content (AvgIpc) is 3.65. The third kappa shape index (κ3) is 3.50. The van der Waals surface area contributed by atoms with Crippen LogP contribution in [0.3, 0.4) is 0 Å². The van der Waals surface area contributed by atoms with E-state index in [1.807, 2.05) is 4.57 Å². The first kappa shape index (κ1) is 21.0. The van der Waals surface area contributed by atoms with E-state index in [2.05, 4.69) is 48.7 Å². The van der Waals surface area contributed by atoms with E-state index in [0.29, 0.717) is 29.1 Å². The fourth-order valence-electron chi connectivity index (χ4n) is 4.25. The second-order valence-electron chi connectivity index (χ2n) is 8.05. The van der Waals surface area contributed by atoms with Crippen LogP contribution in [0.4, 0.5) is 0 Å². The second-order valence-corrected chi connectivity index (χ2v) is 8.05. The summed E-state index contributed by atoms with van der Waals surface area (Å²) >= 11 is 0. The highest BCUT2D eigenvalue weighted by atomic mass is 15.3. The minimum absolute atomic E-state index is 0.384. The van der Waals surface area contributed by atoms with Crippen LogP contribution in [0.1, 0.15) is 38.1 Å². The molecule has 0 spiro atoms. The number of rotatable bonds is 7. The van der Waals surface area contributed by atoms with Crippen LogP contribution >= 0.6 is 0 Å². The molecule has 0 saturated carbocycles. The van der Waals surface area contributed by atoms with E-state index in [1.165, 1.54) is 0 Å². The molecule has 0 unspecified atom stereocenters. The van der Waals surface area contributed by atoms with Gasteiger partial charge in [-0.3, -0.25) is 9.13 Å².